The van der Waals surface area contributed by atoms with Crippen molar-refractivity contribution in [2.45, 2.75) is 12.3 Å². The predicted octanol–water partition coefficient (Wildman–Crippen LogP) is 2.43. The Labute approximate surface area is 100 Å². The Bertz CT molecular complexity index is 423. The van der Waals surface area contributed by atoms with E-state index in [0.717, 1.165) is 5.56 Å². The molecule has 1 atom stereocenters. The van der Waals surface area contributed by atoms with Crippen LogP contribution >= 0.6 is 11.6 Å². The first kappa shape index (κ1) is 12.5. The van der Waals surface area contributed by atoms with Gasteiger partial charge in [-0.2, -0.15) is 5.26 Å². The second-order valence-electron chi connectivity index (χ2n) is 3.73. The smallest absolute Gasteiger partial charge is 0.223 e. The number of halogens is 1. The van der Waals surface area contributed by atoms with Gasteiger partial charge in [0.05, 0.1) is 12.0 Å². The van der Waals surface area contributed by atoms with Gasteiger partial charge in [0.2, 0.25) is 5.91 Å². The van der Waals surface area contributed by atoms with Crippen molar-refractivity contribution in [3.8, 4) is 6.07 Å². The minimum Gasteiger partial charge on any atom is -0.349 e. The van der Waals surface area contributed by atoms with Crippen molar-refractivity contribution in [2.75, 3.05) is 14.1 Å². The van der Waals surface area contributed by atoms with Crippen molar-refractivity contribution in [3.63, 3.8) is 0 Å². The van der Waals surface area contributed by atoms with Crippen LogP contribution in [0.15, 0.2) is 24.3 Å². The van der Waals surface area contributed by atoms with Gasteiger partial charge >= 0.3 is 0 Å². The molecule has 0 N–H and O–H groups in total. The minimum absolute atomic E-state index is 0.0634. The third-order valence-corrected chi connectivity index (χ3v) is 2.52. The number of amides is 1. The van der Waals surface area contributed by atoms with Gasteiger partial charge in [0.15, 0.2) is 0 Å². The Kier molecular flexibility index (Phi) is 4.33. The number of benzene rings is 1. The van der Waals surface area contributed by atoms with Crippen molar-refractivity contribution in [3.05, 3.63) is 34.9 Å². The molecule has 0 aliphatic carbocycles. The lowest BCUT2D eigenvalue weighted by molar-refractivity contribution is -0.128. The number of nitriles is 1. The molecule has 0 bridgehead atoms. The third kappa shape index (κ3) is 3.25. The van der Waals surface area contributed by atoms with E-state index in [-0.39, 0.29) is 12.3 Å². The molecule has 0 saturated heterocycles. The topological polar surface area (TPSA) is 44.1 Å². The van der Waals surface area contributed by atoms with Gasteiger partial charge in [-0.25, -0.2) is 0 Å². The van der Waals surface area contributed by atoms with Crippen LogP contribution in [-0.2, 0) is 4.79 Å². The van der Waals surface area contributed by atoms with Crippen LogP contribution in [-0.4, -0.2) is 24.9 Å². The van der Waals surface area contributed by atoms with E-state index in [1.165, 1.54) is 4.90 Å². The minimum atomic E-state index is -0.436. The summed E-state index contributed by atoms with van der Waals surface area (Å²) in [5.41, 5.74) is 0.783. The zero-order valence-corrected chi connectivity index (χ0v) is 10.0. The van der Waals surface area contributed by atoms with Gasteiger partial charge in [0.25, 0.3) is 0 Å². The third-order valence-electron chi connectivity index (χ3n) is 2.28. The van der Waals surface area contributed by atoms with E-state index < -0.39 is 5.92 Å². The second kappa shape index (κ2) is 5.53. The molecule has 0 aliphatic rings. The Morgan fingerprint density at radius 2 is 2.25 bits per heavy atom. The summed E-state index contributed by atoms with van der Waals surface area (Å²) < 4.78 is 0. The van der Waals surface area contributed by atoms with E-state index in [9.17, 15) is 4.79 Å². The molecule has 0 fully saturated rings. The van der Waals surface area contributed by atoms with Crippen molar-refractivity contribution < 1.29 is 4.79 Å². The molecule has 4 heteroatoms. The normalized spacial score (nSPS) is 11.6. The fourth-order valence-electron chi connectivity index (χ4n) is 1.32. The fourth-order valence-corrected chi connectivity index (χ4v) is 1.52. The first-order valence-electron chi connectivity index (χ1n) is 4.90. The molecule has 0 aromatic heterocycles. The maximum Gasteiger partial charge on any atom is 0.223 e. The van der Waals surface area contributed by atoms with Crippen LogP contribution in [0.3, 0.4) is 0 Å². The SMILES string of the molecule is CN(C)C(=O)CC(C#N)c1cccc(Cl)c1. The number of hydrogen-bond donors (Lipinski definition) is 0. The summed E-state index contributed by atoms with van der Waals surface area (Å²) in [6.45, 7) is 0. The van der Waals surface area contributed by atoms with Crippen molar-refractivity contribution in [1.29, 1.82) is 5.26 Å². The molecule has 1 amide bonds. The maximum atomic E-state index is 11.5. The molecule has 1 unspecified atom stereocenters. The van der Waals surface area contributed by atoms with E-state index in [2.05, 4.69) is 6.07 Å². The predicted molar refractivity (Wildman–Crippen MR) is 63.1 cm³/mol. The molecule has 84 valence electrons. The number of hydrogen-bond acceptors (Lipinski definition) is 2. The van der Waals surface area contributed by atoms with Gasteiger partial charge in [-0.3, -0.25) is 4.79 Å². The summed E-state index contributed by atoms with van der Waals surface area (Å²) in [6, 6.07) is 9.18. The molecule has 1 aromatic carbocycles. The van der Waals surface area contributed by atoms with Crippen LogP contribution in [0.2, 0.25) is 5.02 Å². The average molecular weight is 237 g/mol. The van der Waals surface area contributed by atoms with E-state index in [4.69, 9.17) is 16.9 Å². The first-order valence-corrected chi connectivity index (χ1v) is 5.27. The summed E-state index contributed by atoms with van der Waals surface area (Å²) >= 11 is 5.84. The van der Waals surface area contributed by atoms with E-state index in [1.807, 2.05) is 6.07 Å². The highest BCUT2D eigenvalue weighted by atomic mass is 35.5. The molecule has 1 aromatic rings. The van der Waals surface area contributed by atoms with Gasteiger partial charge in [-0.05, 0) is 17.7 Å². The van der Waals surface area contributed by atoms with Crippen LogP contribution in [0.1, 0.15) is 17.9 Å². The van der Waals surface area contributed by atoms with E-state index in [1.54, 1.807) is 32.3 Å². The fraction of sp³-hybridized carbons (Fsp3) is 0.333. The van der Waals surface area contributed by atoms with E-state index >= 15 is 0 Å². The Hall–Kier alpha value is -1.53. The molecular weight excluding hydrogens is 224 g/mol. The molecule has 3 nitrogen and oxygen atoms in total. The zero-order valence-electron chi connectivity index (χ0n) is 9.27. The van der Waals surface area contributed by atoms with Crippen molar-refractivity contribution in [1.82, 2.24) is 4.90 Å². The van der Waals surface area contributed by atoms with E-state index in [0.29, 0.717) is 5.02 Å². The van der Waals surface area contributed by atoms with Crippen LogP contribution < -0.4 is 0 Å². The maximum absolute atomic E-state index is 11.5. The molecule has 0 spiro atoms. The summed E-state index contributed by atoms with van der Waals surface area (Å²) in [7, 11) is 3.35. The summed E-state index contributed by atoms with van der Waals surface area (Å²) in [6.07, 6.45) is 0.184. The lowest BCUT2D eigenvalue weighted by Crippen LogP contribution is -2.23. The molecule has 0 radical (unpaired) electrons. The molecule has 0 aliphatic heterocycles. The Morgan fingerprint density at radius 1 is 1.56 bits per heavy atom. The average Bonchev–Trinajstić information content (AvgIpc) is 2.25. The van der Waals surface area contributed by atoms with Gasteiger partial charge in [0, 0.05) is 25.5 Å². The zero-order chi connectivity index (χ0) is 12.1. The van der Waals surface area contributed by atoms with Crippen LogP contribution in [0, 0.1) is 11.3 Å². The highest BCUT2D eigenvalue weighted by Gasteiger charge is 2.16. The van der Waals surface area contributed by atoms with Crippen LogP contribution in [0.5, 0.6) is 0 Å². The Balaban J connectivity index is 2.84. The Morgan fingerprint density at radius 3 is 2.75 bits per heavy atom. The number of carbonyl (C=O) groups excluding carboxylic acids is 1. The first-order chi connectivity index (χ1) is 7.54. The van der Waals surface area contributed by atoms with Crippen molar-refractivity contribution in [2.24, 2.45) is 0 Å². The van der Waals surface area contributed by atoms with Crippen LogP contribution in [0.4, 0.5) is 0 Å². The summed E-state index contributed by atoms with van der Waals surface area (Å²) in [4.78, 5) is 13.0. The largest absolute Gasteiger partial charge is 0.349 e. The van der Waals surface area contributed by atoms with Crippen molar-refractivity contribution >= 4 is 17.5 Å². The summed E-state index contributed by atoms with van der Waals surface area (Å²) in [5.74, 6) is -0.500. The number of carbonyl (C=O) groups is 1. The van der Waals surface area contributed by atoms with Crippen LogP contribution in [0.25, 0.3) is 0 Å². The molecule has 0 saturated carbocycles. The molecule has 16 heavy (non-hydrogen) atoms. The van der Waals surface area contributed by atoms with Gasteiger partial charge in [-0.1, -0.05) is 23.7 Å². The standard InChI is InChI=1S/C12H13ClN2O/c1-15(2)12(16)7-10(8-14)9-4-3-5-11(13)6-9/h3-6,10H,7H2,1-2H3. The van der Waals surface area contributed by atoms with Gasteiger partial charge in [0.1, 0.15) is 0 Å². The lowest BCUT2D eigenvalue weighted by Gasteiger charge is -2.13. The number of nitrogens with zero attached hydrogens (tertiary/aromatic N) is 2. The highest BCUT2D eigenvalue weighted by molar-refractivity contribution is 6.30. The lowest BCUT2D eigenvalue weighted by atomic mass is 9.97. The van der Waals surface area contributed by atoms with Gasteiger partial charge < -0.3 is 4.90 Å². The summed E-state index contributed by atoms with van der Waals surface area (Å²) in [5, 5.41) is 9.62. The molecule has 0 heterocycles. The second-order valence-corrected chi connectivity index (χ2v) is 4.17. The number of rotatable bonds is 3. The van der Waals surface area contributed by atoms with Gasteiger partial charge in [-0.15, -0.1) is 0 Å². The molecular formula is C12H13ClN2O. The molecule has 1 rings (SSSR count). The monoisotopic (exact) mass is 236 g/mol. The quantitative estimate of drug-likeness (QED) is 0.809. The highest BCUT2D eigenvalue weighted by Crippen LogP contribution is 2.22.